The topological polar surface area (TPSA) is 89.9 Å². The summed E-state index contributed by atoms with van der Waals surface area (Å²) >= 11 is 0. The van der Waals surface area contributed by atoms with E-state index in [1.165, 1.54) is 24.3 Å². The molecule has 0 bridgehead atoms. The lowest BCUT2D eigenvalue weighted by Crippen LogP contribution is -2.12. The van der Waals surface area contributed by atoms with E-state index in [0.717, 1.165) is 0 Å². The predicted molar refractivity (Wildman–Crippen MR) is 71.0 cm³/mol. The largest absolute Gasteiger partial charge is 0.459 e. The Morgan fingerprint density at radius 3 is 2.29 bits per heavy atom. The maximum atomic E-state index is 11.9. The van der Waals surface area contributed by atoms with Gasteiger partial charge in [-0.15, -0.1) is 0 Å². The van der Waals surface area contributed by atoms with Gasteiger partial charge in [-0.25, -0.2) is 4.79 Å². The molecule has 0 spiro atoms. The molecule has 0 aliphatic carbocycles. The maximum absolute atomic E-state index is 11.9. The van der Waals surface area contributed by atoms with Crippen molar-refractivity contribution in [3.8, 4) is 5.75 Å². The molecule has 1 rings (SSSR count). The summed E-state index contributed by atoms with van der Waals surface area (Å²) in [5, 5.41) is 0. The van der Waals surface area contributed by atoms with Crippen molar-refractivity contribution in [2.45, 2.75) is 26.6 Å². The highest BCUT2D eigenvalue weighted by Crippen LogP contribution is 2.16. The fourth-order valence-corrected chi connectivity index (χ4v) is 1.08. The van der Waals surface area contributed by atoms with E-state index in [4.69, 9.17) is 17.7 Å². The van der Waals surface area contributed by atoms with Crippen molar-refractivity contribution in [2.75, 3.05) is 0 Å². The van der Waals surface area contributed by atoms with Gasteiger partial charge >= 0.3 is 21.9 Å². The minimum absolute atomic E-state index is 0.0618. The van der Waals surface area contributed by atoms with Crippen LogP contribution in [0.2, 0.25) is 0 Å². The zero-order chi connectivity index (χ0) is 16.6. The molecule has 0 fully saturated rings. The second-order valence-corrected chi connectivity index (χ2v) is 5.77. The molecule has 0 saturated heterocycles. The van der Waals surface area contributed by atoms with Crippen LogP contribution < -0.4 is 4.74 Å². The summed E-state index contributed by atoms with van der Waals surface area (Å²) in [7, 11) is -0.137. The van der Waals surface area contributed by atoms with Gasteiger partial charge in [0.25, 0.3) is 0 Å². The van der Waals surface area contributed by atoms with Crippen LogP contribution in [-0.4, -0.2) is 31.7 Å². The van der Waals surface area contributed by atoms with Crippen LogP contribution in [0.15, 0.2) is 24.3 Å². The van der Waals surface area contributed by atoms with Crippen molar-refractivity contribution in [3.63, 3.8) is 0 Å². The number of halogens is 3. The first-order chi connectivity index (χ1) is 9.49. The normalized spacial score (nSPS) is 10.9. The second kappa shape index (κ2) is 8.75. The third-order valence-electron chi connectivity index (χ3n) is 1.64. The molecule has 10 heteroatoms. The molecule has 120 valence electrons. The Hall–Kier alpha value is -1.45. The SMILES string of the molecule is CC(C)OC(=O)c1cccc(OC(F)F)c1.O=S(=O)(O)Cl. The molecule has 0 amide bonds. The van der Waals surface area contributed by atoms with Gasteiger partial charge in [-0.3, -0.25) is 4.55 Å². The van der Waals surface area contributed by atoms with Gasteiger partial charge in [0.2, 0.25) is 0 Å². The number of rotatable bonds is 4. The van der Waals surface area contributed by atoms with Crippen molar-refractivity contribution in [1.82, 2.24) is 0 Å². The Labute approximate surface area is 124 Å². The van der Waals surface area contributed by atoms with E-state index >= 15 is 0 Å². The van der Waals surface area contributed by atoms with Crippen LogP contribution in [0.4, 0.5) is 8.78 Å². The summed E-state index contributed by atoms with van der Waals surface area (Å²) in [4.78, 5) is 11.4. The van der Waals surface area contributed by atoms with Crippen molar-refractivity contribution >= 4 is 26.0 Å². The van der Waals surface area contributed by atoms with Gasteiger partial charge in [-0.05, 0) is 32.0 Å². The van der Waals surface area contributed by atoms with E-state index in [0.29, 0.717) is 0 Å². The fraction of sp³-hybridized carbons (Fsp3) is 0.364. The number of ether oxygens (including phenoxy) is 2. The van der Waals surface area contributed by atoms with Crippen LogP contribution in [0.25, 0.3) is 0 Å². The quantitative estimate of drug-likeness (QED) is 0.512. The van der Waals surface area contributed by atoms with Gasteiger partial charge in [-0.2, -0.15) is 17.2 Å². The zero-order valence-corrected chi connectivity index (χ0v) is 12.6. The van der Waals surface area contributed by atoms with Gasteiger partial charge < -0.3 is 9.47 Å². The molecule has 0 atom stereocenters. The van der Waals surface area contributed by atoms with Gasteiger partial charge in [-0.1, -0.05) is 6.07 Å². The molecular formula is C11H13ClF2O6S. The Bertz CT molecular complexity index is 554. The van der Waals surface area contributed by atoms with E-state index in [9.17, 15) is 13.6 Å². The number of benzene rings is 1. The molecule has 21 heavy (non-hydrogen) atoms. The molecule has 0 aliphatic rings. The average molecular weight is 347 g/mol. The Kier molecular flexibility index (Phi) is 8.15. The Morgan fingerprint density at radius 2 is 1.86 bits per heavy atom. The first kappa shape index (κ1) is 19.6. The smallest absolute Gasteiger partial charge is 0.387 e. The van der Waals surface area contributed by atoms with Gasteiger partial charge in [0, 0.05) is 10.7 Å². The summed E-state index contributed by atoms with van der Waals surface area (Å²) in [5.74, 6) is -0.622. The highest BCUT2D eigenvalue weighted by Gasteiger charge is 2.11. The van der Waals surface area contributed by atoms with Crippen molar-refractivity contribution in [3.05, 3.63) is 29.8 Å². The summed E-state index contributed by atoms with van der Waals surface area (Å²) in [6.07, 6.45) is -0.257. The highest BCUT2D eigenvalue weighted by molar-refractivity contribution is 8.09. The summed E-state index contributed by atoms with van der Waals surface area (Å²) in [5.41, 5.74) is 0.187. The third kappa shape index (κ3) is 12.0. The Morgan fingerprint density at radius 1 is 1.33 bits per heavy atom. The van der Waals surface area contributed by atoms with E-state index in [1.54, 1.807) is 13.8 Å². The van der Waals surface area contributed by atoms with Gasteiger partial charge in [0.1, 0.15) is 5.75 Å². The molecule has 1 aromatic carbocycles. The molecule has 0 radical (unpaired) electrons. The predicted octanol–water partition coefficient (Wildman–Crippen LogP) is 2.88. The second-order valence-electron chi connectivity index (χ2n) is 3.77. The number of esters is 1. The van der Waals surface area contributed by atoms with Crippen LogP contribution in [0, 0.1) is 0 Å². The van der Waals surface area contributed by atoms with Crippen LogP contribution in [0.5, 0.6) is 5.75 Å². The summed E-state index contributed by atoms with van der Waals surface area (Å²) in [6.45, 7) is 0.505. The van der Waals surface area contributed by atoms with Crippen molar-refractivity contribution in [1.29, 1.82) is 0 Å². The molecule has 0 unspecified atom stereocenters. The molecule has 0 aliphatic heterocycles. The highest BCUT2D eigenvalue weighted by atomic mass is 35.7. The van der Waals surface area contributed by atoms with Crippen LogP contribution >= 0.6 is 10.7 Å². The summed E-state index contributed by atoms with van der Waals surface area (Å²) < 4.78 is 58.1. The molecule has 0 heterocycles. The van der Waals surface area contributed by atoms with Gasteiger partial charge in [0.15, 0.2) is 0 Å². The van der Waals surface area contributed by atoms with E-state index in [2.05, 4.69) is 15.4 Å². The molecule has 0 aromatic heterocycles. The number of hydrogen-bond donors (Lipinski definition) is 1. The van der Waals surface area contributed by atoms with Crippen molar-refractivity contribution < 1.29 is 36.0 Å². The number of carbonyl (C=O) groups excluding carboxylic acids is 1. The molecule has 1 aromatic rings. The van der Waals surface area contributed by atoms with Crippen LogP contribution in [0.1, 0.15) is 24.2 Å². The molecule has 6 nitrogen and oxygen atoms in total. The van der Waals surface area contributed by atoms with E-state index in [-0.39, 0.29) is 17.4 Å². The number of alkyl halides is 2. The van der Waals surface area contributed by atoms with Gasteiger partial charge in [0.05, 0.1) is 11.7 Å². The summed E-state index contributed by atoms with van der Waals surface area (Å²) in [6, 6.07) is 5.49. The lowest BCUT2D eigenvalue weighted by atomic mass is 10.2. The Balaban J connectivity index is 0.000000690. The molecule has 0 saturated carbocycles. The van der Waals surface area contributed by atoms with Crippen molar-refractivity contribution in [2.24, 2.45) is 0 Å². The average Bonchev–Trinajstić information content (AvgIpc) is 2.25. The minimum Gasteiger partial charge on any atom is -0.459 e. The monoisotopic (exact) mass is 346 g/mol. The van der Waals surface area contributed by atoms with Crippen LogP contribution in [-0.2, 0) is 14.1 Å². The van der Waals surface area contributed by atoms with E-state index < -0.39 is 21.9 Å². The lowest BCUT2D eigenvalue weighted by molar-refractivity contribution is -0.0499. The zero-order valence-electron chi connectivity index (χ0n) is 11.0. The number of hydrogen-bond acceptors (Lipinski definition) is 5. The lowest BCUT2D eigenvalue weighted by Gasteiger charge is -2.09. The fourth-order valence-electron chi connectivity index (χ4n) is 1.08. The first-order valence-electron chi connectivity index (χ1n) is 5.42. The molecular weight excluding hydrogens is 334 g/mol. The first-order valence-corrected chi connectivity index (χ1v) is 7.68. The third-order valence-corrected chi connectivity index (χ3v) is 1.64. The maximum Gasteiger partial charge on any atom is 0.387 e. The minimum atomic E-state index is -4.19. The standard InChI is InChI=1S/C11H12F2O3.ClHO3S/c1-7(2)15-10(14)8-4-3-5-9(6-8)16-11(12)13;1-5(2,3)4/h3-7,11H,1-2H3;(H,2,3,4). The van der Waals surface area contributed by atoms with E-state index in [1.807, 2.05) is 0 Å². The molecule has 1 N–H and O–H groups in total. The van der Waals surface area contributed by atoms with Crippen LogP contribution in [0.3, 0.4) is 0 Å². The number of carbonyl (C=O) groups is 1.